The molecular formula is C25H26N2O6S. The number of methoxy groups -OCH3 is 1. The molecule has 0 spiro atoms. The quantitative estimate of drug-likeness (QED) is 0.462. The summed E-state index contributed by atoms with van der Waals surface area (Å²) in [5.74, 6) is -0.549. The van der Waals surface area contributed by atoms with Crippen molar-refractivity contribution in [2.24, 2.45) is 0 Å². The van der Waals surface area contributed by atoms with Gasteiger partial charge in [-0.1, -0.05) is 24.3 Å². The Morgan fingerprint density at radius 3 is 2.35 bits per heavy atom. The molecule has 0 aliphatic rings. The summed E-state index contributed by atoms with van der Waals surface area (Å²) in [5.41, 5.74) is 1.74. The number of hydrogen-bond acceptors (Lipinski definition) is 6. The van der Waals surface area contributed by atoms with Crippen LogP contribution in [0.1, 0.15) is 22.8 Å². The van der Waals surface area contributed by atoms with Gasteiger partial charge in [0.05, 0.1) is 29.9 Å². The van der Waals surface area contributed by atoms with Gasteiger partial charge in [-0.25, -0.2) is 13.2 Å². The third-order valence-electron chi connectivity index (χ3n) is 4.97. The SMILES string of the molecule is CCOC(=O)c1ccc(NC(=O)CN(c2cccc(OC)c2)S(=O)(=O)c2ccccc2)c(C)c1. The molecule has 3 aromatic carbocycles. The first-order valence-electron chi connectivity index (χ1n) is 10.6. The summed E-state index contributed by atoms with van der Waals surface area (Å²) < 4.78 is 38.1. The number of amides is 1. The van der Waals surface area contributed by atoms with Crippen LogP contribution in [0.25, 0.3) is 0 Å². The molecule has 0 radical (unpaired) electrons. The van der Waals surface area contributed by atoms with Gasteiger partial charge in [-0.05, 0) is 61.9 Å². The fourth-order valence-electron chi connectivity index (χ4n) is 3.27. The predicted molar refractivity (Wildman–Crippen MR) is 130 cm³/mol. The van der Waals surface area contributed by atoms with Crippen molar-refractivity contribution in [2.45, 2.75) is 18.7 Å². The van der Waals surface area contributed by atoms with Gasteiger partial charge in [0, 0.05) is 11.8 Å². The molecule has 0 heterocycles. The highest BCUT2D eigenvalue weighted by Crippen LogP contribution is 2.27. The third kappa shape index (κ3) is 5.74. The van der Waals surface area contributed by atoms with E-state index in [4.69, 9.17) is 9.47 Å². The number of aryl methyl sites for hydroxylation is 1. The largest absolute Gasteiger partial charge is 0.497 e. The highest BCUT2D eigenvalue weighted by atomic mass is 32.2. The summed E-state index contributed by atoms with van der Waals surface area (Å²) in [6, 6.07) is 19.1. The molecule has 0 aromatic heterocycles. The summed E-state index contributed by atoms with van der Waals surface area (Å²) in [6.07, 6.45) is 0. The maximum Gasteiger partial charge on any atom is 0.338 e. The number of ether oxygens (including phenoxy) is 2. The van der Waals surface area contributed by atoms with E-state index in [1.807, 2.05) is 0 Å². The number of carbonyl (C=O) groups excluding carboxylic acids is 2. The minimum atomic E-state index is -4.05. The number of hydrogen-bond donors (Lipinski definition) is 1. The van der Waals surface area contributed by atoms with Gasteiger partial charge in [0.1, 0.15) is 12.3 Å². The molecule has 0 aliphatic heterocycles. The molecule has 34 heavy (non-hydrogen) atoms. The van der Waals surface area contributed by atoms with Gasteiger partial charge >= 0.3 is 5.97 Å². The number of nitrogens with zero attached hydrogens (tertiary/aromatic N) is 1. The average Bonchev–Trinajstić information content (AvgIpc) is 2.84. The van der Waals surface area contributed by atoms with Gasteiger partial charge in [-0.15, -0.1) is 0 Å². The van der Waals surface area contributed by atoms with Crippen molar-refractivity contribution in [1.82, 2.24) is 0 Å². The Balaban J connectivity index is 1.89. The van der Waals surface area contributed by atoms with Gasteiger partial charge in [-0.3, -0.25) is 9.10 Å². The van der Waals surface area contributed by atoms with Crippen molar-refractivity contribution in [2.75, 3.05) is 29.9 Å². The zero-order chi connectivity index (χ0) is 24.7. The van der Waals surface area contributed by atoms with E-state index >= 15 is 0 Å². The molecule has 3 aromatic rings. The predicted octanol–water partition coefficient (Wildman–Crippen LogP) is 4.01. The second-order valence-corrected chi connectivity index (χ2v) is 9.19. The zero-order valence-corrected chi connectivity index (χ0v) is 20.0. The summed E-state index contributed by atoms with van der Waals surface area (Å²) in [6.45, 7) is 3.24. The number of nitrogens with one attached hydrogen (secondary N) is 1. The lowest BCUT2D eigenvalue weighted by Gasteiger charge is -2.24. The number of carbonyl (C=O) groups is 2. The van der Waals surface area contributed by atoms with E-state index < -0.39 is 28.4 Å². The lowest BCUT2D eigenvalue weighted by Crippen LogP contribution is -2.38. The molecule has 0 saturated carbocycles. The molecule has 0 unspecified atom stereocenters. The lowest BCUT2D eigenvalue weighted by molar-refractivity contribution is -0.114. The van der Waals surface area contributed by atoms with E-state index in [9.17, 15) is 18.0 Å². The molecule has 9 heteroatoms. The maximum atomic E-state index is 13.4. The third-order valence-corrected chi connectivity index (χ3v) is 6.76. The van der Waals surface area contributed by atoms with Crippen molar-refractivity contribution in [3.05, 3.63) is 83.9 Å². The first kappa shape index (κ1) is 24.8. The number of esters is 1. The Labute approximate surface area is 199 Å². The molecule has 0 fully saturated rings. The molecule has 0 bridgehead atoms. The minimum absolute atomic E-state index is 0.0561. The molecule has 1 amide bonds. The van der Waals surface area contributed by atoms with Gasteiger partial charge < -0.3 is 14.8 Å². The number of benzene rings is 3. The molecule has 178 valence electrons. The summed E-state index contributed by atoms with van der Waals surface area (Å²) in [7, 11) is -2.57. The van der Waals surface area contributed by atoms with Gasteiger partial charge in [0.2, 0.25) is 5.91 Å². The van der Waals surface area contributed by atoms with Crippen molar-refractivity contribution in [3.63, 3.8) is 0 Å². The smallest absolute Gasteiger partial charge is 0.338 e. The maximum absolute atomic E-state index is 13.4. The normalized spacial score (nSPS) is 10.9. The lowest BCUT2D eigenvalue weighted by atomic mass is 10.1. The van der Waals surface area contributed by atoms with Gasteiger partial charge in [0.15, 0.2) is 0 Å². The van der Waals surface area contributed by atoms with Crippen molar-refractivity contribution in [1.29, 1.82) is 0 Å². The summed E-state index contributed by atoms with van der Waals surface area (Å²) in [4.78, 5) is 25.0. The molecule has 0 aliphatic carbocycles. The first-order chi connectivity index (χ1) is 16.3. The van der Waals surface area contributed by atoms with Crippen molar-refractivity contribution < 1.29 is 27.5 Å². The van der Waals surface area contributed by atoms with E-state index in [2.05, 4.69) is 5.32 Å². The van der Waals surface area contributed by atoms with Crippen LogP contribution in [0, 0.1) is 6.92 Å². The van der Waals surface area contributed by atoms with E-state index in [1.54, 1.807) is 74.5 Å². The number of rotatable bonds is 9. The standard InChI is InChI=1S/C25H26N2O6S/c1-4-33-25(29)19-13-14-23(18(2)15-19)26-24(28)17-27(20-9-8-10-21(16-20)32-3)34(30,31)22-11-6-5-7-12-22/h5-16H,4,17H2,1-3H3,(H,26,28). The molecular weight excluding hydrogens is 456 g/mol. The van der Waals surface area contributed by atoms with Crippen LogP contribution < -0.4 is 14.4 Å². The molecule has 3 rings (SSSR count). The number of sulfonamides is 1. The van der Waals surface area contributed by atoms with Crippen LogP contribution in [0.4, 0.5) is 11.4 Å². The van der Waals surface area contributed by atoms with Crippen molar-refractivity contribution in [3.8, 4) is 5.75 Å². The highest BCUT2D eigenvalue weighted by Gasteiger charge is 2.27. The fourth-order valence-corrected chi connectivity index (χ4v) is 4.70. The highest BCUT2D eigenvalue weighted by molar-refractivity contribution is 7.92. The summed E-state index contributed by atoms with van der Waals surface area (Å²) >= 11 is 0. The second kappa shape index (κ2) is 10.8. The van der Waals surface area contributed by atoms with Crippen molar-refractivity contribution >= 4 is 33.3 Å². The Hall–Kier alpha value is -3.85. The molecule has 1 N–H and O–H groups in total. The first-order valence-corrected chi connectivity index (χ1v) is 12.0. The Bertz CT molecular complexity index is 1280. The van der Waals surface area contributed by atoms with E-state index in [1.165, 1.54) is 19.2 Å². The molecule has 0 saturated heterocycles. The van der Waals surface area contributed by atoms with E-state index in [-0.39, 0.29) is 17.2 Å². The van der Waals surface area contributed by atoms with Crippen LogP contribution in [0.5, 0.6) is 5.75 Å². The average molecular weight is 483 g/mol. The van der Waals surface area contributed by atoms with Crippen LogP contribution in [0.3, 0.4) is 0 Å². The second-order valence-electron chi connectivity index (χ2n) is 7.32. The Morgan fingerprint density at radius 2 is 1.71 bits per heavy atom. The van der Waals surface area contributed by atoms with E-state index in [0.29, 0.717) is 22.6 Å². The van der Waals surface area contributed by atoms with Crippen LogP contribution in [-0.2, 0) is 19.6 Å². The number of anilines is 2. The van der Waals surface area contributed by atoms with E-state index in [0.717, 1.165) is 4.31 Å². The fraction of sp³-hybridized carbons (Fsp3) is 0.200. The molecule has 8 nitrogen and oxygen atoms in total. The summed E-state index contributed by atoms with van der Waals surface area (Å²) in [5, 5.41) is 2.73. The Kier molecular flexibility index (Phi) is 7.91. The molecule has 0 atom stereocenters. The minimum Gasteiger partial charge on any atom is -0.497 e. The van der Waals surface area contributed by atoms with Crippen LogP contribution >= 0.6 is 0 Å². The zero-order valence-electron chi connectivity index (χ0n) is 19.1. The van der Waals surface area contributed by atoms with Crippen LogP contribution in [0.15, 0.2) is 77.7 Å². The topological polar surface area (TPSA) is 102 Å². The van der Waals surface area contributed by atoms with Gasteiger partial charge in [0.25, 0.3) is 10.0 Å². The van der Waals surface area contributed by atoms with Crippen LogP contribution in [0.2, 0.25) is 0 Å². The van der Waals surface area contributed by atoms with Crippen LogP contribution in [-0.4, -0.2) is 40.6 Å². The monoisotopic (exact) mass is 482 g/mol. The Morgan fingerprint density at radius 1 is 0.971 bits per heavy atom. The van der Waals surface area contributed by atoms with Gasteiger partial charge in [-0.2, -0.15) is 0 Å².